The van der Waals surface area contributed by atoms with Crippen molar-refractivity contribution in [3.63, 3.8) is 0 Å². The van der Waals surface area contributed by atoms with Gasteiger partial charge in [-0.3, -0.25) is 14.4 Å². The van der Waals surface area contributed by atoms with Gasteiger partial charge in [-0.1, -0.05) is 25.1 Å². The quantitative estimate of drug-likeness (QED) is 0.531. The lowest BCUT2D eigenvalue weighted by Crippen LogP contribution is -2.26. The number of pyridine rings is 1. The van der Waals surface area contributed by atoms with Gasteiger partial charge in [0, 0.05) is 28.8 Å². The van der Waals surface area contributed by atoms with Crippen LogP contribution >= 0.6 is 0 Å². The van der Waals surface area contributed by atoms with Crippen LogP contribution in [0.2, 0.25) is 0 Å². The molecule has 0 spiro atoms. The summed E-state index contributed by atoms with van der Waals surface area (Å²) in [7, 11) is 0. The summed E-state index contributed by atoms with van der Waals surface area (Å²) in [4.78, 5) is 45.9. The van der Waals surface area contributed by atoms with Crippen molar-refractivity contribution in [3.05, 3.63) is 59.9 Å². The molecule has 0 aliphatic heterocycles. The van der Waals surface area contributed by atoms with E-state index >= 15 is 0 Å². The molecule has 1 amide bonds. The van der Waals surface area contributed by atoms with Gasteiger partial charge in [0.25, 0.3) is 5.91 Å². The summed E-state index contributed by atoms with van der Waals surface area (Å²) in [6.45, 7) is 1.83. The second kappa shape index (κ2) is 6.60. The van der Waals surface area contributed by atoms with E-state index in [9.17, 15) is 18.8 Å². The highest BCUT2D eigenvalue weighted by Crippen LogP contribution is 2.60. The fourth-order valence-electron chi connectivity index (χ4n) is 4.60. The number of ketones is 2. The van der Waals surface area contributed by atoms with Crippen molar-refractivity contribution in [2.24, 2.45) is 11.3 Å². The summed E-state index contributed by atoms with van der Waals surface area (Å²) in [5.74, 6) is -0.932. The minimum absolute atomic E-state index is 0.0521. The summed E-state index contributed by atoms with van der Waals surface area (Å²) in [5.41, 5.74) is 0.615. The maximum Gasteiger partial charge on any atom is 0.263 e. The second-order valence-corrected chi connectivity index (χ2v) is 9.33. The first-order chi connectivity index (χ1) is 15.8. The molecule has 0 radical (unpaired) electrons. The zero-order chi connectivity index (χ0) is 23.0. The van der Waals surface area contributed by atoms with E-state index in [-0.39, 0.29) is 36.1 Å². The Bertz CT molecular complexity index is 1340. The van der Waals surface area contributed by atoms with Gasteiger partial charge in [-0.25, -0.2) is 9.37 Å². The molecule has 166 valence electrons. The van der Waals surface area contributed by atoms with E-state index in [1.54, 1.807) is 12.1 Å². The largest absolute Gasteiger partial charge is 0.353 e. The van der Waals surface area contributed by atoms with Gasteiger partial charge < -0.3 is 15.6 Å². The molecule has 1 aromatic carbocycles. The third-order valence-electron chi connectivity index (χ3n) is 6.98. The van der Waals surface area contributed by atoms with E-state index in [0.29, 0.717) is 34.6 Å². The second-order valence-electron chi connectivity index (χ2n) is 9.33. The fraction of sp³-hybridized carbons (Fsp3) is 0.280. The van der Waals surface area contributed by atoms with Gasteiger partial charge in [-0.2, -0.15) is 0 Å². The Morgan fingerprint density at radius 2 is 1.91 bits per heavy atom. The van der Waals surface area contributed by atoms with Crippen LogP contribution in [0.1, 0.15) is 47.0 Å². The molecule has 0 saturated heterocycles. The molecule has 3 N–H and O–H groups in total. The number of hydrogen-bond donors (Lipinski definition) is 3. The molecule has 8 heteroatoms. The number of fused-ring (bicyclic) bond motifs is 2. The zero-order valence-corrected chi connectivity index (χ0v) is 17.9. The highest BCUT2D eigenvalue weighted by molar-refractivity contribution is 6.24. The van der Waals surface area contributed by atoms with Gasteiger partial charge in [0.1, 0.15) is 5.82 Å². The van der Waals surface area contributed by atoms with Gasteiger partial charge in [0.2, 0.25) is 0 Å². The molecule has 3 aliphatic carbocycles. The van der Waals surface area contributed by atoms with E-state index in [2.05, 4.69) is 20.6 Å². The number of carbonyl (C=O) groups excluding carboxylic acids is 3. The monoisotopic (exact) mass is 444 g/mol. The average Bonchev–Trinajstić information content (AvgIpc) is 3.69. The molecule has 2 saturated carbocycles. The first-order valence-electron chi connectivity index (χ1n) is 10.9. The Labute approximate surface area is 188 Å². The summed E-state index contributed by atoms with van der Waals surface area (Å²) in [5, 5.41) is 5.83. The van der Waals surface area contributed by atoms with E-state index in [1.807, 2.05) is 37.3 Å². The lowest BCUT2D eigenvalue weighted by atomic mass is 9.86. The minimum atomic E-state index is -1.82. The first kappa shape index (κ1) is 19.8. The van der Waals surface area contributed by atoms with Crippen LogP contribution in [0.25, 0.3) is 11.3 Å². The molecule has 3 aromatic rings. The predicted octanol–water partition coefficient (Wildman–Crippen LogP) is 4.67. The number of nitrogens with zero attached hydrogens (tertiary/aromatic N) is 1. The van der Waals surface area contributed by atoms with Crippen LogP contribution in [0.5, 0.6) is 0 Å². The molecule has 2 unspecified atom stereocenters. The highest BCUT2D eigenvalue weighted by Gasteiger charge is 2.64. The van der Waals surface area contributed by atoms with Crippen LogP contribution in [0, 0.1) is 11.3 Å². The van der Waals surface area contributed by atoms with Crippen molar-refractivity contribution < 1.29 is 18.8 Å². The number of benzene rings is 1. The molecule has 7 nitrogen and oxygen atoms in total. The standard InChI is InChI=1S/C25H21FN4O3/c1-24-12-15(24)21(31)17-19(28-14-5-3-2-4-6-14)18(30-20(17)22(24)32)13-7-10-27-16(11-13)29-23(33)25(26)8-9-25/h2-7,10-11,15,28,30H,8-9,12H2,1H3,(H,27,29,33). The van der Waals surface area contributed by atoms with E-state index in [0.717, 1.165) is 5.69 Å². The molecule has 33 heavy (non-hydrogen) atoms. The molecular weight excluding hydrogens is 423 g/mol. The number of H-pyrrole nitrogens is 1. The Balaban J connectivity index is 1.45. The number of para-hydroxylation sites is 1. The van der Waals surface area contributed by atoms with E-state index < -0.39 is 17.0 Å². The zero-order valence-electron chi connectivity index (χ0n) is 17.9. The molecule has 0 bridgehead atoms. The van der Waals surface area contributed by atoms with E-state index in [1.165, 1.54) is 6.20 Å². The van der Waals surface area contributed by atoms with Crippen molar-refractivity contribution in [2.45, 2.75) is 31.9 Å². The maximum absolute atomic E-state index is 14.1. The topological polar surface area (TPSA) is 104 Å². The van der Waals surface area contributed by atoms with Crippen LogP contribution in [-0.4, -0.2) is 33.1 Å². The lowest BCUT2D eigenvalue weighted by molar-refractivity contribution is -0.122. The molecule has 3 aliphatic rings. The number of amides is 1. The summed E-state index contributed by atoms with van der Waals surface area (Å²) < 4.78 is 14.1. The SMILES string of the molecule is CC12CC1C(=O)c1c([nH]c(-c3ccnc(NC(=O)C4(F)CC4)c3)c1Nc1ccccc1)C2=O. The molecular formula is C25H21FN4O3. The Hall–Kier alpha value is -3.81. The van der Waals surface area contributed by atoms with Gasteiger partial charge in [-0.15, -0.1) is 0 Å². The summed E-state index contributed by atoms with van der Waals surface area (Å²) in [6, 6.07) is 12.7. The molecule has 6 rings (SSSR count). The molecule has 2 aromatic heterocycles. The van der Waals surface area contributed by atoms with Crippen molar-refractivity contribution in [1.82, 2.24) is 9.97 Å². The number of Topliss-reactive ketones (excluding diaryl/α,β-unsaturated/α-hetero) is 2. The van der Waals surface area contributed by atoms with Crippen molar-refractivity contribution >= 4 is 34.7 Å². The molecule has 2 heterocycles. The molecule has 2 fully saturated rings. The molecule has 2 atom stereocenters. The van der Waals surface area contributed by atoms with E-state index in [4.69, 9.17) is 0 Å². The van der Waals surface area contributed by atoms with Gasteiger partial charge in [0.05, 0.1) is 22.6 Å². The van der Waals surface area contributed by atoms with Crippen LogP contribution in [0.4, 0.5) is 21.6 Å². The van der Waals surface area contributed by atoms with Gasteiger partial charge >= 0.3 is 0 Å². The van der Waals surface area contributed by atoms with Crippen LogP contribution in [0.15, 0.2) is 48.7 Å². The smallest absolute Gasteiger partial charge is 0.263 e. The van der Waals surface area contributed by atoms with Gasteiger partial charge in [-0.05, 0) is 43.5 Å². The lowest BCUT2D eigenvalue weighted by Gasteiger charge is -2.17. The first-order valence-corrected chi connectivity index (χ1v) is 10.9. The summed E-state index contributed by atoms with van der Waals surface area (Å²) >= 11 is 0. The Morgan fingerprint density at radius 1 is 1.15 bits per heavy atom. The number of alkyl halides is 1. The fourth-order valence-corrected chi connectivity index (χ4v) is 4.60. The number of anilines is 3. The maximum atomic E-state index is 14.1. The number of aromatic nitrogens is 2. The number of aromatic amines is 1. The van der Waals surface area contributed by atoms with Crippen molar-refractivity contribution in [2.75, 3.05) is 10.6 Å². The number of rotatable bonds is 5. The third kappa shape index (κ3) is 3.01. The van der Waals surface area contributed by atoms with Crippen molar-refractivity contribution in [3.8, 4) is 11.3 Å². The Morgan fingerprint density at radius 3 is 2.64 bits per heavy atom. The number of halogens is 1. The van der Waals surface area contributed by atoms with Crippen molar-refractivity contribution in [1.29, 1.82) is 0 Å². The number of nitrogens with one attached hydrogen (secondary N) is 3. The number of hydrogen-bond acceptors (Lipinski definition) is 5. The highest BCUT2D eigenvalue weighted by atomic mass is 19.1. The number of carbonyl (C=O) groups is 3. The van der Waals surface area contributed by atoms with Crippen LogP contribution in [-0.2, 0) is 4.79 Å². The van der Waals surface area contributed by atoms with Crippen LogP contribution in [0.3, 0.4) is 0 Å². The predicted molar refractivity (Wildman–Crippen MR) is 120 cm³/mol. The minimum Gasteiger partial charge on any atom is -0.353 e. The average molecular weight is 444 g/mol. The van der Waals surface area contributed by atoms with Crippen LogP contribution < -0.4 is 10.6 Å². The Kier molecular flexibility index (Phi) is 3.97. The third-order valence-corrected chi connectivity index (χ3v) is 6.98. The normalized spacial score (nSPS) is 24.0. The summed E-state index contributed by atoms with van der Waals surface area (Å²) in [6.07, 6.45) is 2.47. The van der Waals surface area contributed by atoms with Gasteiger partial charge in [0.15, 0.2) is 17.2 Å².